The van der Waals surface area contributed by atoms with E-state index in [1.165, 1.54) is 23.5 Å². The van der Waals surface area contributed by atoms with Crippen LogP contribution in [-0.4, -0.2) is 104 Å². The molecule has 2 aliphatic heterocycles. The van der Waals surface area contributed by atoms with Gasteiger partial charge in [-0.1, -0.05) is 96.6 Å². The third-order valence-electron chi connectivity index (χ3n) is 12.4. The monoisotopic (exact) mass is 1190 g/mol. The van der Waals surface area contributed by atoms with E-state index in [1.807, 2.05) is 12.1 Å². The van der Waals surface area contributed by atoms with Crippen LogP contribution in [0.15, 0.2) is 146 Å². The van der Waals surface area contributed by atoms with Gasteiger partial charge < -0.3 is 45.2 Å². The number of hydrogen-bond acceptors (Lipinski definition) is 12. The number of amides is 4. The summed E-state index contributed by atoms with van der Waals surface area (Å²) in [5.41, 5.74) is 4.30. The van der Waals surface area contributed by atoms with Crippen molar-refractivity contribution in [2.75, 3.05) is 41.1 Å². The number of halogens is 4. The zero-order chi connectivity index (χ0) is 56.9. The Kier molecular flexibility index (Phi) is 21.1. The first-order chi connectivity index (χ1) is 37.8. The first kappa shape index (κ1) is 59.9. The van der Waals surface area contributed by atoms with Crippen LogP contribution in [0.4, 0.5) is 11.4 Å². The number of aliphatic hydroxyl groups excluding tert-OH is 1. The van der Waals surface area contributed by atoms with Crippen molar-refractivity contribution in [3.8, 4) is 11.5 Å². The fourth-order valence-corrected chi connectivity index (χ4v) is 11.3. The van der Waals surface area contributed by atoms with Gasteiger partial charge in [0.15, 0.2) is 19.0 Å². The Balaban J connectivity index is 0.000000237. The van der Waals surface area contributed by atoms with Crippen LogP contribution in [0.5, 0.6) is 11.5 Å². The molecule has 0 radical (unpaired) electrons. The molecule has 1 unspecified atom stereocenters. The van der Waals surface area contributed by atoms with Crippen LogP contribution >= 0.6 is 69.9 Å². The minimum atomic E-state index is -1.15. The number of carboxylic acid groups (broad SMARTS) is 2. The number of nitrogens with zero attached hydrogens (tertiary/aromatic N) is 2. The molecule has 0 aromatic heterocycles. The molecule has 0 bridgehead atoms. The van der Waals surface area contributed by atoms with Gasteiger partial charge in [0.05, 0.1) is 30.5 Å². The summed E-state index contributed by atoms with van der Waals surface area (Å²) >= 11 is 26.6. The van der Waals surface area contributed by atoms with Gasteiger partial charge in [-0.15, -0.1) is 23.5 Å². The number of aliphatic carboxylic acids is 2. The number of benzene rings is 6. The molecule has 2 fully saturated rings. The van der Waals surface area contributed by atoms with Crippen molar-refractivity contribution in [3.63, 3.8) is 0 Å². The molecule has 6 atom stereocenters. The molecule has 0 spiro atoms. The Morgan fingerprint density at radius 2 is 1.01 bits per heavy atom. The summed E-state index contributed by atoms with van der Waals surface area (Å²) in [6.07, 6.45) is -0.785. The van der Waals surface area contributed by atoms with Gasteiger partial charge in [-0.2, -0.15) is 0 Å². The Bertz CT molecular complexity index is 3120. The van der Waals surface area contributed by atoms with Crippen LogP contribution in [0.2, 0.25) is 20.1 Å². The summed E-state index contributed by atoms with van der Waals surface area (Å²) in [5.74, 6) is -2.76. The summed E-state index contributed by atoms with van der Waals surface area (Å²) in [5, 5.41) is 34.8. The second kappa shape index (κ2) is 27.9. The molecule has 16 nitrogen and oxygen atoms in total. The number of carbonyl (C=O) groups is 7. The van der Waals surface area contributed by atoms with Crippen molar-refractivity contribution in [2.45, 2.75) is 48.6 Å². The molecule has 0 aliphatic carbocycles. The zero-order valence-electron chi connectivity index (χ0n) is 42.2. The van der Waals surface area contributed by atoms with E-state index in [0.29, 0.717) is 59.8 Å². The van der Waals surface area contributed by atoms with E-state index in [9.17, 15) is 43.8 Å². The Morgan fingerprint density at radius 3 is 1.46 bits per heavy atom. The lowest BCUT2D eigenvalue weighted by molar-refractivity contribution is -0.143. The third-order valence-corrected chi connectivity index (χ3v) is 16.0. The van der Waals surface area contributed by atoms with E-state index < -0.39 is 53.0 Å². The van der Waals surface area contributed by atoms with Crippen LogP contribution < -0.4 is 29.9 Å². The Labute approximate surface area is 483 Å². The number of carboxylic acids is 2. The average molecular weight is 1190 g/mol. The SMILES string of the molecule is CC(C)[C@@H](NC(=O)CNC(=O)COc1ccc([C@@H]2[C@@H](SCC(O)c3ccc(Cl)cc3)C(=O)N2c2ccc(Cl)cc2)cc1)C(=O)O.O=C(O)COc1ccc([C@@H]2[C@@H](SCC(=O)c3ccc(Cl)cc3)C(=O)N2c2ccc(Cl)cc2)cc1. The molecule has 5 N–H and O–H groups in total. The molecule has 4 amide bonds. The zero-order valence-corrected chi connectivity index (χ0v) is 46.8. The van der Waals surface area contributed by atoms with E-state index in [1.54, 1.807) is 157 Å². The van der Waals surface area contributed by atoms with Gasteiger partial charge in [-0.25, -0.2) is 9.59 Å². The second-order valence-electron chi connectivity index (χ2n) is 18.3. The van der Waals surface area contributed by atoms with Crippen LogP contribution in [0, 0.1) is 5.92 Å². The first-order valence-electron chi connectivity index (χ1n) is 24.4. The maximum Gasteiger partial charge on any atom is 0.341 e. The lowest BCUT2D eigenvalue weighted by atomic mass is 9.92. The van der Waals surface area contributed by atoms with Crippen LogP contribution in [-0.2, 0) is 28.8 Å². The molecular weight excluding hydrogens is 1140 g/mol. The minimum absolute atomic E-state index is 0.0874. The maximum absolute atomic E-state index is 13.4. The van der Waals surface area contributed by atoms with E-state index in [4.69, 9.17) is 61.0 Å². The quantitative estimate of drug-likeness (QED) is 0.0297. The number of thioether (sulfide) groups is 2. The molecule has 8 rings (SSSR count). The Morgan fingerprint density at radius 1 is 0.582 bits per heavy atom. The highest BCUT2D eigenvalue weighted by Gasteiger charge is 2.50. The summed E-state index contributed by atoms with van der Waals surface area (Å²) < 4.78 is 10.8. The lowest BCUT2D eigenvalue weighted by Crippen LogP contribution is -2.57. The number of nitrogens with one attached hydrogen (secondary N) is 2. The minimum Gasteiger partial charge on any atom is -0.484 e. The maximum atomic E-state index is 13.4. The highest BCUT2D eigenvalue weighted by atomic mass is 35.5. The molecular formula is C57H52Cl4N4O12S2. The summed E-state index contributed by atoms with van der Waals surface area (Å²) in [6, 6.07) is 39.7. The highest BCUT2D eigenvalue weighted by Crippen LogP contribution is 2.48. The molecule has 79 heavy (non-hydrogen) atoms. The largest absolute Gasteiger partial charge is 0.484 e. The molecule has 2 heterocycles. The van der Waals surface area contributed by atoms with Gasteiger partial charge in [-0.05, 0) is 132 Å². The van der Waals surface area contributed by atoms with E-state index in [2.05, 4.69) is 10.6 Å². The van der Waals surface area contributed by atoms with Gasteiger partial charge in [0.1, 0.15) is 28.0 Å². The van der Waals surface area contributed by atoms with Crippen LogP contribution in [0.3, 0.4) is 0 Å². The van der Waals surface area contributed by atoms with Gasteiger partial charge >= 0.3 is 11.9 Å². The van der Waals surface area contributed by atoms with E-state index >= 15 is 0 Å². The predicted octanol–water partition coefficient (Wildman–Crippen LogP) is 10.2. The number of ketones is 1. The number of aliphatic hydroxyl groups is 1. The molecule has 6 aromatic carbocycles. The summed E-state index contributed by atoms with van der Waals surface area (Å²) in [4.78, 5) is 88.8. The normalized spacial score (nSPS) is 17.3. The van der Waals surface area contributed by atoms with Crippen molar-refractivity contribution in [1.29, 1.82) is 0 Å². The summed E-state index contributed by atoms with van der Waals surface area (Å²) in [6.45, 7) is 2.14. The number of hydrogen-bond donors (Lipinski definition) is 5. The number of ether oxygens (including phenoxy) is 2. The third kappa shape index (κ3) is 16.0. The molecule has 0 saturated carbocycles. The van der Waals surface area contributed by atoms with Gasteiger partial charge in [0.25, 0.3) is 5.91 Å². The van der Waals surface area contributed by atoms with Gasteiger partial charge in [0.2, 0.25) is 17.7 Å². The lowest BCUT2D eigenvalue weighted by Gasteiger charge is -2.47. The summed E-state index contributed by atoms with van der Waals surface area (Å²) in [7, 11) is 0. The number of Topliss-reactive ketones (excluding diaryl/α,β-unsaturated/α-hetero) is 1. The van der Waals surface area contributed by atoms with E-state index in [0.717, 1.165) is 11.1 Å². The van der Waals surface area contributed by atoms with Crippen molar-refractivity contribution >= 4 is 123 Å². The number of anilines is 2. The first-order valence-corrected chi connectivity index (χ1v) is 28.0. The standard InChI is InChI=1S/C32H33Cl2N3O7S.C25H19Cl2NO5S/c1-18(2)28(32(42)43)36-26(39)15-35-27(40)16-44-24-13-5-20(6-14-24)29-30(31(41)37(29)23-11-9-22(34)10-12-23)45-17-25(38)19-3-7-21(33)8-4-19;26-17-5-1-15(2-6-17)21(29)14-34-24-23(16-3-11-20(12-4-16)33-13-22(30)31)28(25(24)32)19-9-7-18(27)8-10-19/h3-14,18,25,28-30,38H,15-17H2,1-2H3,(H,35,40)(H,36,39)(H,42,43);1-12,23-24H,13-14H2,(H,30,31)/t25?,28-,29-,30-;23-,24-/m11/s1. The average Bonchev–Trinajstić information content (AvgIpc) is 3.64. The van der Waals surface area contributed by atoms with Crippen molar-refractivity contribution < 1.29 is 58.4 Å². The second-order valence-corrected chi connectivity index (χ2v) is 22.3. The topological polar surface area (TPSA) is 229 Å². The predicted molar refractivity (Wildman–Crippen MR) is 307 cm³/mol. The number of β-lactam (4-membered cyclic amide) rings is 2. The molecule has 2 aliphatic rings. The number of carbonyl (C=O) groups excluding carboxylic acids is 5. The van der Waals surface area contributed by atoms with E-state index in [-0.39, 0.29) is 54.5 Å². The Hall–Kier alpha value is -6.77. The van der Waals surface area contributed by atoms with Gasteiger partial charge in [-0.3, -0.25) is 24.0 Å². The highest BCUT2D eigenvalue weighted by molar-refractivity contribution is 8.01. The van der Waals surface area contributed by atoms with Crippen LogP contribution in [0.1, 0.15) is 59.1 Å². The molecule has 2 saturated heterocycles. The molecule has 22 heteroatoms. The molecule has 6 aromatic rings. The fourth-order valence-electron chi connectivity index (χ4n) is 8.32. The number of rotatable bonds is 23. The molecule has 412 valence electrons. The fraction of sp³-hybridized carbons (Fsp3) is 0.246. The van der Waals surface area contributed by atoms with Crippen molar-refractivity contribution in [3.05, 3.63) is 188 Å². The smallest absolute Gasteiger partial charge is 0.341 e. The van der Waals surface area contributed by atoms with Crippen molar-refractivity contribution in [2.24, 2.45) is 5.92 Å². The van der Waals surface area contributed by atoms with Gasteiger partial charge in [0, 0.05) is 42.8 Å². The van der Waals surface area contributed by atoms with Crippen molar-refractivity contribution in [1.82, 2.24) is 10.6 Å². The van der Waals surface area contributed by atoms with Crippen LogP contribution in [0.25, 0.3) is 0 Å².